The van der Waals surface area contributed by atoms with Crippen LogP contribution in [0.1, 0.15) is 56.3 Å². The maximum atomic E-state index is 13.1. The molecule has 9 heteroatoms. The number of hydrogen-bond donors (Lipinski definition) is 1. The number of thioether (sulfide) groups is 1. The second-order valence-corrected chi connectivity index (χ2v) is 11.3. The Balaban J connectivity index is 1.74. The zero-order valence-corrected chi connectivity index (χ0v) is 20.2. The fourth-order valence-electron chi connectivity index (χ4n) is 4.46. The summed E-state index contributed by atoms with van der Waals surface area (Å²) < 4.78 is 27.8. The third-order valence-electron chi connectivity index (χ3n) is 6.32. The molecule has 1 atom stereocenters. The van der Waals surface area contributed by atoms with Crippen LogP contribution in [0.25, 0.3) is 0 Å². The van der Waals surface area contributed by atoms with E-state index in [-0.39, 0.29) is 22.6 Å². The van der Waals surface area contributed by atoms with Gasteiger partial charge in [0.1, 0.15) is 0 Å². The highest BCUT2D eigenvalue weighted by molar-refractivity contribution is 7.98. The topological polar surface area (TPSA) is 86.8 Å². The Labute approximate surface area is 190 Å². The van der Waals surface area contributed by atoms with Gasteiger partial charge in [-0.2, -0.15) is 16.1 Å². The van der Waals surface area contributed by atoms with Crippen LogP contribution in [0.4, 0.5) is 0 Å². The number of sulfonamides is 1. The van der Waals surface area contributed by atoms with Crippen molar-refractivity contribution in [1.29, 1.82) is 0 Å². The lowest BCUT2D eigenvalue weighted by molar-refractivity contribution is -0.133. The molecule has 31 heavy (non-hydrogen) atoms. The first-order valence-electron chi connectivity index (χ1n) is 10.9. The van der Waals surface area contributed by atoms with Gasteiger partial charge in [0.05, 0.1) is 16.6 Å². The third-order valence-corrected chi connectivity index (χ3v) is 8.87. The van der Waals surface area contributed by atoms with Crippen LogP contribution in [0, 0.1) is 0 Å². The second kappa shape index (κ2) is 10.0. The van der Waals surface area contributed by atoms with Crippen LogP contribution in [-0.4, -0.2) is 72.7 Å². The van der Waals surface area contributed by atoms with E-state index in [0.717, 1.165) is 25.0 Å². The Kier molecular flexibility index (Phi) is 7.83. The van der Waals surface area contributed by atoms with Crippen LogP contribution in [0.5, 0.6) is 0 Å². The number of nitrogens with one attached hydrogen (secondary N) is 1. The SMILES string of the molecule is CCCCN1C(=O)C(CCSC)NC12CCN(S(=O)(=O)c1ccc(C(C)=O)cc1)CC2. The Bertz CT molecular complexity index is 894. The Morgan fingerprint density at radius 3 is 2.42 bits per heavy atom. The number of Topliss-reactive ketones (excluding diaryl/α,β-unsaturated/α-hetero) is 1. The number of benzene rings is 1. The number of amides is 1. The molecule has 1 amide bonds. The van der Waals surface area contributed by atoms with Crippen molar-refractivity contribution in [2.45, 2.75) is 62.6 Å². The van der Waals surface area contributed by atoms with E-state index in [4.69, 9.17) is 0 Å². The molecule has 172 valence electrons. The zero-order chi connectivity index (χ0) is 22.6. The van der Waals surface area contributed by atoms with Crippen LogP contribution in [0.3, 0.4) is 0 Å². The predicted molar refractivity (Wildman–Crippen MR) is 124 cm³/mol. The van der Waals surface area contributed by atoms with Crippen molar-refractivity contribution in [2.24, 2.45) is 0 Å². The highest BCUT2D eigenvalue weighted by Crippen LogP contribution is 2.35. The van der Waals surface area contributed by atoms with Crippen LogP contribution in [0.15, 0.2) is 29.2 Å². The van der Waals surface area contributed by atoms with Gasteiger partial charge in [0.2, 0.25) is 15.9 Å². The van der Waals surface area contributed by atoms with Gasteiger partial charge >= 0.3 is 0 Å². The number of unbranched alkanes of at least 4 members (excludes halogenated alkanes) is 1. The van der Waals surface area contributed by atoms with Crippen molar-refractivity contribution in [2.75, 3.05) is 31.6 Å². The molecular weight excluding hydrogens is 434 g/mol. The summed E-state index contributed by atoms with van der Waals surface area (Å²) in [7, 11) is -3.64. The lowest BCUT2D eigenvalue weighted by Gasteiger charge is -2.44. The van der Waals surface area contributed by atoms with E-state index < -0.39 is 15.7 Å². The molecule has 0 aliphatic carbocycles. The Morgan fingerprint density at radius 2 is 1.87 bits per heavy atom. The van der Waals surface area contributed by atoms with Gasteiger partial charge in [-0.3, -0.25) is 14.9 Å². The summed E-state index contributed by atoms with van der Waals surface area (Å²) >= 11 is 1.73. The molecule has 2 fully saturated rings. The molecule has 0 saturated carbocycles. The number of hydrogen-bond acceptors (Lipinski definition) is 6. The zero-order valence-electron chi connectivity index (χ0n) is 18.6. The van der Waals surface area contributed by atoms with Gasteiger partial charge in [-0.15, -0.1) is 0 Å². The summed E-state index contributed by atoms with van der Waals surface area (Å²) in [5, 5.41) is 3.59. The number of carbonyl (C=O) groups excluding carboxylic acids is 2. The molecule has 1 spiro atoms. The lowest BCUT2D eigenvalue weighted by atomic mass is 9.97. The van der Waals surface area contributed by atoms with Crippen molar-refractivity contribution in [3.05, 3.63) is 29.8 Å². The fraction of sp³-hybridized carbons (Fsp3) is 0.636. The van der Waals surface area contributed by atoms with Gasteiger partial charge in [0, 0.05) is 25.2 Å². The van der Waals surface area contributed by atoms with E-state index in [1.165, 1.54) is 23.4 Å². The Hall–Kier alpha value is -1.42. The molecule has 0 radical (unpaired) electrons. The van der Waals surface area contributed by atoms with Crippen molar-refractivity contribution in [3.8, 4) is 0 Å². The standard InChI is InChI=1S/C22H33N3O4S2/c1-4-5-13-25-21(27)20(10-16-30-3)23-22(25)11-14-24(15-12-22)31(28,29)19-8-6-18(7-9-19)17(2)26/h6-9,20,23H,4-5,10-16H2,1-3H3. The Morgan fingerprint density at radius 1 is 1.23 bits per heavy atom. The van der Waals surface area contributed by atoms with Gasteiger partial charge in [-0.1, -0.05) is 25.5 Å². The average molecular weight is 468 g/mol. The molecule has 2 aliphatic heterocycles. The molecule has 3 rings (SSSR count). The smallest absolute Gasteiger partial charge is 0.243 e. The minimum Gasteiger partial charge on any atom is -0.323 e. The number of rotatable bonds is 9. The van der Waals surface area contributed by atoms with E-state index in [2.05, 4.69) is 12.2 Å². The maximum absolute atomic E-state index is 13.1. The number of nitrogens with zero attached hydrogens (tertiary/aromatic N) is 2. The van der Waals surface area contributed by atoms with Crippen molar-refractivity contribution in [3.63, 3.8) is 0 Å². The van der Waals surface area contributed by atoms with Crippen LogP contribution in [0.2, 0.25) is 0 Å². The monoisotopic (exact) mass is 467 g/mol. The largest absolute Gasteiger partial charge is 0.323 e. The minimum atomic E-state index is -3.64. The van der Waals surface area contributed by atoms with Crippen molar-refractivity contribution in [1.82, 2.24) is 14.5 Å². The molecule has 0 aromatic heterocycles. The van der Waals surface area contributed by atoms with E-state index in [0.29, 0.717) is 38.0 Å². The maximum Gasteiger partial charge on any atom is 0.243 e. The van der Waals surface area contributed by atoms with Crippen LogP contribution < -0.4 is 5.32 Å². The van der Waals surface area contributed by atoms with Gasteiger partial charge in [-0.05, 0) is 56.7 Å². The molecule has 0 bridgehead atoms. The quantitative estimate of drug-likeness (QED) is 0.562. The minimum absolute atomic E-state index is 0.0935. The summed E-state index contributed by atoms with van der Waals surface area (Å²) in [6.45, 7) is 4.99. The van der Waals surface area contributed by atoms with E-state index in [1.54, 1.807) is 23.9 Å². The third kappa shape index (κ3) is 4.99. The molecular formula is C22H33N3O4S2. The predicted octanol–water partition coefficient (Wildman–Crippen LogP) is 2.72. The summed E-state index contributed by atoms with van der Waals surface area (Å²) in [6, 6.07) is 5.92. The first-order valence-corrected chi connectivity index (χ1v) is 13.8. The number of carbonyl (C=O) groups is 2. The van der Waals surface area contributed by atoms with Gasteiger partial charge in [-0.25, -0.2) is 8.42 Å². The first-order chi connectivity index (χ1) is 14.7. The summed E-state index contributed by atoms with van der Waals surface area (Å²) in [4.78, 5) is 26.7. The molecule has 2 heterocycles. The van der Waals surface area contributed by atoms with Gasteiger partial charge in [0.25, 0.3) is 0 Å². The van der Waals surface area contributed by atoms with Crippen molar-refractivity contribution >= 4 is 33.5 Å². The van der Waals surface area contributed by atoms with E-state index in [9.17, 15) is 18.0 Å². The molecule has 1 aromatic carbocycles. The first kappa shape index (κ1) is 24.2. The highest BCUT2D eigenvalue weighted by Gasteiger charge is 2.51. The summed E-state index contributed by atoms with van der Waals surface area (Å²) in [5.74, 6) is 0.973. The van der Waals surface area contributed by atoms with Gasteiger partial charge < -0.3 is 4.90 Å². The van der Waals surface area contributed by atoms with Crippen LogP contribution >= 0.6 is 11.8 Å². The molecule has 1 unspecified atom stereocenters. The van der Waals surface area contributed by atoms with Crippen LogP contribution in [-0.2, 0) is 14.8 Å². The second-order valence-electron chi connectivity index (χ2n) is 8.34. The molecule has 1 aromatic rings. The van der Waals surface area contributed by atoms with Gasteiger partial charge in [0.15, 0.2) is 5.78 Å². The summed E-state index contributed by atoms with van der Waals surface area (Å²) in [6.07, 6.45) is 5.91. The number of piperidine rings is 1. The molecule has 1 N–H and O–H groups in total. The fourth-order valence-corrected chi connectivity index (χ4v) is 6.37. The highest BCUT2D eigenvalue weighted by atomic mass is 32.2. The van der Waals surface area contributed by atoms with Crippen molar-refractivity contribution < 1.29 is 18.0 Å². The molecule has 2 saturated heterocycles. The number of ketones is 1. The summed E-state index contributed by atoms with van der Waals surface area (Å²) in [5.41, 5.74) is 0.0351. The average Bonchev–Trinajstić information content (AvgIpc) is 3.01. The molecule has 7 nitrogen and oxygen atoms in total. The van der Waals surface area contributed by atoms with E-state index >= 15 is 0 Å². The molecule has 2 aliphatic rings. The van der Waals surface area contributed by atoms with E-state index in [1.807, 2.05) is 11.2 Å². The lowest BCUT2D eigenvalue weighted by Crippen LogP contribution is -2.59. The normalized spacial score (nSPS) is 21.7.